The third-order valence-electron chi connectivity index (χ3n) is 10.9. The van der Waals surface area contributed by atoms with E-state index in [0.717, 1.165) is 9.80 Å². The molecule has 6 saturated heterocycles. The maximum absolute atomic E-state index is 12.9. The molecule has 2 aromatic rings. The molecule has 22 heteroatoms. The summed E-state index contributed by atoms with van der Waals surface area (Å²) >= 11 is 14.7. The zero-order chi connectivity index (χ0) is 44.0. The number of fused-ring (bicyclic) bond motifs is 10. The van der Waals surface area contributed by atoms with Crippen LogP contribution in [-0.2, 0) is 112 Å². The SMILES string of the molecule is C.COC(=O)CCC(=O)OC1C(O)C2OC1C1C(=O)N(c3ccccc3)C(=O)C21.COC(=O)CCC(=O)OC1C(O)C2OC1C1C(=O)N(c3ccccc3)C(=O)C21.S=S.S=S. The summed E-state index contributed by atoms with van der Waals surface area (Å²) in [4.78, 5) is 100. The molecule has 12 unspecified atom stereocenters. The van der Waals surface area contributed by atoms with Gasteiger partial charge < -0.3 is 38.6 Å². The summed E-state index contributed by atoms with van der Waals surface area (Å²) in [5, 5.41) is 21.0. The van der Waals surface area contributed by atoms with E-state index in [1.165, 1.54) is 14.2 Å². The Labute approximate surface area is 369 Å². The lowest BCUT2D eigenvalue weighted by atomic mass is 9.78. The third kappa shape index (κ3) is 9.40. The molecule has 4 amide bonds. The summed E-state index contributed by atoms with van der Waals surface area (Å²) in [7, 11) is 2.42. The van der Waals surface area contributed by atoms with Crippen molar-refractivity contribution in [1.29, 1.82) is 0 Å². The molecule has 2 N–H and O–H groups in total. The van der Waals surface area contributed by atoms with Gasteiger partial charge in [-0.1, -0.05) is 43.8 Å². The van der Waals surface area contributed by atoms with E-state index in [4.69, 9.17) is 18.9 Å². The van der Waals surface area contributed by atoms with Gasteiger partial charge in [0, 0.05) is 44.8 Å². The second kappa shape index (κ2) is 21.4. The molecule has 8 rings (SSSR count). The molecule has 18 nitrogen and oxygen atoms in total. The first-order valence-electron chi connectivity index (χ1n) is 18.3. The van der Waals surface area contributed by atoms with Gasteiger partial charge in [-0.25, -0.2) is 9.80 Å². The summed E-state index contributed by atoms with van der Waals surface area (Å²) in [6, 6.07) is 17.0. The number of aliphatic hydroxyl groups excluding tert-OH is 2. The summed E-state index contributed by atoms with van der Waals surface area (Å²) in [6.07, 6.45) is -8.97. The minimum atomic E-state index is -1.22. The molecule has 12 atom stereocenters. The quantitative estimate of drug-likeness (QED) is 0.184. The molecule has 0 aromatic heterocycles. The number of imide groups is 2. The van der Waals surface area contributed by atoms with E-state index in [1.807, 2.05) is 0 Å². The van der Waals surface area contributed by atoms with E-state index in [1.54, 1.807) is 60.7 Å². The summed E-state index contributed by atoms with van der Waals surface area (Å²) < 4.78 is 30.8. The van der Waals surface area contributed by atoms with Gasteiger partial charge in [-0.2, -0.15) is 0 Å². The van der Waals surface area contributed by atoms with Gasteiger partial charge in [0.25, 0.3) is 0 Å². The van der Waals surface area contributed by atoms with Crippen molar-refractivity contribution >= 4 is 104 Å². The molecule has 328 valence electrons. The minimum Gasteiger partial charge on any atom is -0.469 e. The Morgan fingerprint density at radius 3 is 1.10 bits per heavy atom. The maximum Gasteiger partial charge on any atom is 0.306 e. The average molecular weight is 923 g/mol. The molecule has 6 aliphatic rings. The van der Waals surface area contributed by atoms with Crippen LogP contribution in [-0.4, -0.2) is 121 Å². The van der Waals surface area contributed by atoms with Crippen molar-refractivity contribution in [3.8, 4) is 0 Å². The second-order valence-corrected chi connectivity index (χ2v) is 14.0. The van der Waals surface area contributed by atoms with E-state index in [9.17, 15) is 48.6 Å². The summed E-state index contributed by atoms with van der Waals surface area (Å²) in [5.74, 6) is -7.51. The van der Waals surface area contributed by atoms with Crippen molar-refractivity contribution in [2.24, 2.45) is 23.7 Å². The number of benzene rings is 2. The molecular weight excluding hydrogens is 881 g/mol. The average Bonchev–Trinajstić information content (AvgIpc) is 4.10. The van der Waals surface area contributed by atoms with E-state index in [-0.39, 0.29) is 33.1 Å². The largest absolute Gasteiger partial charge is 0.469 e. The molecule has 4 bridgehead atoms. The number of para-hydroxylation sites is 2. The van der Waals surface area contributed by atoms with Crippen molar-refractivity contribution in [3.63, 3.8) is 0 Å². The highest BCUT2D eigenvalue weighted by atomic mass is 32.8. The predicted octanol–water partition coefficient (Wildman–Crippen LogP) is 0.225. The van der Waals surface area contributed by atoms with Crippen molar-refractivity contribution in [3.05, 3.63) is 60.7 Å². The van der Waals surface area contributed by atoms with Crippen LogP contribution in [0.5, 0.6) is 0 Å². The molecule has 0 spiro atoms. The molecular formula is C39H42N2O16S4. The number of hydrogen-bond acceptors (Lipinski definition) is 20. The third-order valence-corrected chi connectivity index (χ3v) is 10.9. The number of aliphatic hydroxyl groups is 2. The predicted molar refractivity (Wildman–Crippen MR) is 220 cm³/mol. The van der Waals surface area contributed by atoms with Gasteiger partial charge in [0.15, 0.2) is 12.2 Å². The second-order valence-electron chi connectivity index (χ2n) is 14.0. The van der Waals surface area contributed by atoms with Crippen molar-refractivity contribution in [2.45, 2.75) is 81.9 Å². The standard InChI is InChI=1S/2C19H19NO8.CH4.2S2/c2*1-26-10(21)7-8-11(22)27-17-14(23)15-12-13(16(17)28-15)19(25)20(18(12)24)9-5-3-2-4-6-9;;2*1-2/h2*2-6,12-17,23H,7-8H2,1H3;1H4;;. The number of ether oxygens (including phenoxy) is 6. The highest BCUT2D eigenvalue weighted by Crippen LogP contribution is 2.52. The van der Waals surface area contributed by atoms with Crippen LogP contribution in [0.3, 0.4) is 0 Å². The fraction of sp³-hybridized carbons (Fsp3) is 0.487. The van der Waals surface area contributed by atoms with Gasteiger partial charge in [0.1, 0.15) is 36.6 Å². The van der Waals surface area contributed by atoms with Crippen LogP contribution in [0.15, 0.2) is 60.7 Å². The normalized spacial score (nSPS) is 30.6. The van der Waals surface area contributed by atoms with E-state index >= 15 is 0 Å². The Morgan fingerprint density at radius 2 is 0.803 bits per heavy atom. The summed E-state index contributed by atoms with van der Waals surface area (Å²) in [5.41, 5.74) is 0.903. The Balaban J connectivity index is 0.000000245. The number of hydrogen-bond donors (Lipinski definition) is 2. The van der Waals surface area contributed by atoms with Crippen LogP contribution >= 0.6 is 0 Å². The van der Waals surface area contributed by atoms with Gasteiger partial charge in [0.2, 0.25) is 23.6 Å². The maximum atomic E-state index is 12.9. The lowest BCUT2D eigenvalue weighted by Crippen LogP contribution is -2.49. The minimum absolute atomic E-state index is 0. The number of esters is 4. The molecule has 0 saturated carbocycles. The Morgan fingerprint density at radius 1 is 0.525 bits per heavy atom. The Hall–Kier alpha value is -4.68. The van der Waals surface area contributed by atoms with Crippen LogP contribution in [0.2, 0.25) is 0 Å². The van der Waals surface area contributed by atoms with Crippen LogP contribution < -0.4 is 9.80 Å². The number of rotatable bonds is 10. The van der Waals surface area contributed by atoms with Crippen molar-refractivity contribution in [1.82, 2.24) is 0 Å². The van der Waals surface area contributed by atoms with Gasteiger partial charge in [-0.05, 0) is 24.3 Å². The van der Waals surface area contributed by atoms with Gasteiger partial charge >= 0.3 is 23.9 Å². The van der Waals surface area contributed by atoms with Crippen molar-refractivity contribution < 1.29 is 77.0 Å². The molecule has 6 heterocycles. The van der Waals surface area contributed by atoms with Crippen LogP contribution in [0.4, 0.5) is 11.4 Å². The van der Waals surface area contributed by atoms with Gasteiger partial charge in [0.05, 0.1) is 74.9 Å². The van der Waals surface area contributed by atoms with Gasteiger partial charge in [-0.3, -0.25) is 38.4 Å². The molecule has 0 radical (unpaired) electrons. The Bertz CT molecular complexity index is 1840. The highest BCUT2D eigenvalue weighted by Gasteiger charge is 2.71. The topological polar surface area (TPSA) is 239 Å². The van der Waals surface area contributed by atoms with E-state index < -0.39 is 120 Å². The number of carbonyl (C=O) groups excluding carboxylic acids is 8. The smallest absolute Gasteiger partial charge is 0.306 e. The van der Waals surface area contributed by atoms with Crippen molar-refractivity contribution in [2.75, 3.05) is 24.0 Å². The summed E-state index contributed by atoms with van der Waals surface area (Å²) in [6.45, 7) is 0. The zero-order valence-electron chi connectivity index (χ0n) is 31.7. The Kier molecular flexibility index (Phi) is 17.2. The van der Waals surface area contributed by atoms with E-state index in [0.29, 0.717) is 11.4 Å². The molecule has 0 aliphatic carbocycles. The fourth-order valence-electron chi connectivity index (χ4n) is 8.39. The lowest BCUT2D eigenvalue weighted by Gasteiger charge is -2.28. The number of carbonyl (C=O) groups is 8. The first kappa shape index (κ1) is 49.0. The first-order valence-corrected chi connectivity index (χ1v) is 20.9. The molecule has 2 aromatic carbocycles. The molecule has 6 fully saturated rings. The first-order chi connectivity index (χ1) is 28.9. The van der Waals surface area contributed by atoms with Crippen LogP contribution in [0.25, 0.3) is 0 Å². The highest BCUT2D eigenvalue weighted by molar-refractivity contribution is 8.07. The molecule has 61 heavy (non-hydrogen) atoms. The van der Waals surface area contributed by atoms with Gasteiger partial charge in [-0.15, -0.1) is 0 Å². The number of methoxy groups -OCH3 is 2. The number of amides is 4. The monoisotopic (exact) mass is 922 g/mol. The zero-order valence-corrected chi connectivity index (χ0v) is 34.9. The number of anilines is 2. The number of nitrogens with zero attached hydrogens (tertiary/aromatic N) is 2. The van der Waals surface area contributed by atoms with Crippen LogP contribution in [0, 0.1) is 23.7 Å². The fourth-order valence-corrected chi connectivity index (χ4v) is 8.39. The van der Waals surface area contributed by atoms with Crippen LogP contribution in [0.1, 0.15) is 33.1 Å². The lowest BCUT2D eigenvalue weighted by molar-refractivity contribution is -0.161. The van der Waals surface area contributed by atoms with E-state index in [2.05, 4.69) is 54.2 Å². The molecule has 6 aliphatic heterocycles.